The molecule has 1 aliphatic carbocycles. The molecule has 19 heavy (non-hydrogen) atoms. The lowest BCUT2D eigenvalue weighted by Crippen LogP contribution is -2.36. The number of methoxy groups -OCH3 is 1. The van der Waals surface area contributed by atoms with Crippen LogP contribution in [0.2, 0.25) is 0 Å². The second-order valence-electron chi connectivity index (χ2n) is 5.36. The third kappa shape index (κ3) is 3.82. The van der Waals surface area contributed by atoms with Crippen molar-refractivity contribution < 1.29 is 4.74 Å². The SMILES string of the molecule is CC.CC.COC1(C)CCC(C)(C)c2ccccc21. The van der Waals surface area contributed by atoms with Crippen LogP contribution in [0.25, 0.3) is 0 Å². The van der Waals surface area contributed by atoms with E-state index in [0.29, 0.717) is 0 Å². The maximum atomic E-state index is 5.70. The molecular formula is C18H32O. The topological polar surface area (TPSA) is 9.23 Å². The Kier molecular flexibility index (Phi) is 7.36. The summed E-state index contributed by atoms with van der Waals surface area (Å²) in [5.41, 5.74) is 3.00. The molecule has 0 heterocycles. The van der Waals surface area contributed by atoms with E-state index in [1.165, 1.54) is 17.5 Å². The molecule has 0 amide bonds. The second kappa shape index (κ2) is 7.69. The average molecular weight is 264 g/mol. The predicted molar refractivity (Wildman–Crippen MR) is 85.8 cm³/mol. The Morgan fingerprint density at radius 3 is 1.79 bits per heavy atom. The Hall–Kier alpha value is -0.820. The maximum Gasteiger partial charge on any atom is 0.0902 e. The number of hydrogen-bond donors (Lipinski definition) is 0. The molecule has 1 atom stereocenters. The second-order valence-corrected chi connectivity index (χ2v) is 5.36. The minimum atomic E-state index is -0.0912. The first-order valence-electron chi connectivity index (χ1n) is 7.65. The molecule has 1 unspecified atom stereocenters. The van der Waals surface area contributed by atoms with E-state index in [4.69, 9.17) is 4.74 Å². The molecule has 0 N–H and O–H groups in total. The van der Waals surface area contributed by atoms with Gasteiger partial charge in [-0.2, -0.15) is 0 Å². The standard InChI is InChI=1S/C14H20O.2C2H6/c1-13(2)9-10-14(3,15-4)12-8-6-5-7-11(12)13;2*1-2/h5-8H,9-10H2,1-4H3;2*1-2H3. The molecule has 0 radical (unpaired) electrons. The quantitative estimate of drug-likeness (QED) is 0.635. The van der Waals surface area contributed by atoms with E-state index in [-0.39, 0.29) is 11.0 Å². The van der Waals surface area contributed by atoms with E-state index in [1.54, 1.807) is 0 Å². The van der Waals surface area contributed by atoms with Crippen LogP contribution in [0.1, 0.15) is 72.4 Å². The van der Waals surface area contributed by atoms with Gasteiger partial charge in [-0.25, -0.2) is 0 Å². The molecule has 1 heteroatoms. The van der Waals surface area contributed by atoms with Crippen LogP contribution in [0.3, 0.4) is 0 Å². The summed E-state index contributed by atoms with van der Waals surface area (Å²) < 4.78 is 5.70. The van der Waals surface area contributed by atoms with Crippen LogP contribution < -0.4 is 0 Å². The molecule has 1 nitrogen and oxygen atoms in total. The highest BCUT2D eigenvalue weighted by Gasteiger charge is 2.39. The summed E-state index contributed by atoms with van der Waals surface area (Å²) in [6.45, 7) is 14.8. The Labute approximate surface area is 120 Å². The van der Waals surface area contributed by atoms with Gasteiger partial charge in [0.25, 0.3) is 0 Å². The zero-order valence-electron chi connectivity index (χ0n) is 14.1. The highest BCUT2D eigenvalue weighted by molar-refractivity contribution is 5.39. The van der Waals surface area contributed by atoms with E-state index in [1.807, 2.05) is 34.8 Å². The lowest BCUT2D eigenvalue weighted by atomic mass is 9.67. The molecule has 1 aliphatic rings. The van der Waals surface area contributed by atoms with Gasteiger partial charge in [-0.05, 0) is 36.3 Å². The molecule has 1 aromatic rings. The van der Waals surface area contributed by atoms with Crippen molar-refractivity contribution in [1.82, 2.24) is 0 Å². The molecule has 0 aromatic heterocycles. The smallest absolute Gasteiger partial charge is 0.0902 e. The Morgan fingerprint density at radius 2 is 1.32 bits per heavy atom. The van der Waals surface area contributed by atoms with Crippen molar-refractivity contribution in [1.29, 1.82) is 0 Å². The summed E-state index contributed by atoms with van der Waals surface area (Å²) in [6, 6.07) is 8.69. The minimum absolute atomic E-state index is 0.0912. The summed E-state index contributed by atoms with van der Waals surface area (Å²) in [4.78, 5) is 0. The molecule has 0 aliphatic heterocycles. The van der Waals surface area contributed by atoms with Gasteiger partial charge in [-0.15, -0.1) is 0 Å². The van der Waals surface area contributed by atoms with Gasteiger partial charge >= 0.3 is 0 Å². The lowest BCUT2D eigenvalue weighted by Gasteiger charge is -2.42. The summed E-state index contributed by atoms with van der Waals surface area (Å²) in [7, 11) is 1.81. The fraction of sp³-hybridized carbons (Fsp3) is 0.667. The van der Waals surface area contributed by atoms with Gasteiger partial charge < -0.3 is 4.74 Å². The van der Waals surface area contributed by atoms with Gasteiger partial charge in [0, 0.05) is 7.11 Å². The van der Waals surface area contributed by atoms with Crippen LogP contribution >= 0.6 is 0 Å². The Morgan fingerprint density at radius 1 is 0.842 bits per heavy atom. The van der Waals surface area contributed by atoms with Gasteiger partial charge in [0.2, 0.25) is 0 Å². The third-order valence-corrected chi connectivity index (χ3v) is 3.90. The molecule has 1 aromatic carbocycles. The van der Waals surface area contributed by atoms with Crippen molar-refractivity contribution in [2.24, 2.45) is 0 Å². The van der Waals surface area contributed by atoms with Crippen LogP contribution in [0.4, 0.5) is 0 Å². The molecule has 0 saturated carbocycles. The van der Waals surface area contributed by atoms with Crippen molar-refractivity contribution >= 4 is 0 Å². The van der Waals surface area contributed by atoms with Crippen LogP contribution in [0.15, 0.2) is 24.3 Å². The van der Waals surface area contributed by atoms with Gasteiger partial charge in [-0.3, -0.25) is 0 Å². The lowest BCUT2D eigenvalue weighted by molar-refractivity contribution is -0.0202. The molecule has 0 fully saturated rings. The number of hydrogen-bond acceptors (Lipinski definition) is 1. The van der Waals surface area contributed by atoms with E-state index in [9.17, 15) is 0 Å². The maximum absolute atomic E-state index is 5.70. The van der Waals surface area contributed by atoms with Gasteiger partial charge in [0.1, 0.15) is 0 Å². The largest absolute Gasteiger partial charge is 0.374 e. The minimum Gasteiger partial charge on any atom is -0.374 e. The van der Waals surface area contributed by atoms with Gasteiger partial charge in [0.15, 0.2) is 0 Å². The number of rotatable bonds is 1. The Balaban J connectivity index is 0.000000741. The van der Waals surface area contributed by atoms with Crippen molar-refractivity contribution in [2.75, 3.05) is 7.11 Å². The highest BCUT2D eigenvalue weighted by Crippen LogP contribution is 2.45. The first-order chi connectivity index (χ1) is 8.99. The zero-order valence-corrected chi connectivity index (χ0v) is 14.1. The number of fused-ring (bicyclic) bond motifs is 1. The molecule has 0 spiro atoms. The molecule has 110 valence electrons. The Bertz CT molecular complexity index is 368. The average Bonchev–Trinajstić information content (AvgIpc) is 2.48. The fourth-order valence-electron chi connectivity index (χ4n) is 2.57. The van der Waals surface area contributed by atoms with Crippen LogP contribution in [0.5, 0.6) is 0 Å². The number of ether oxygens (including phenoxy) is 1. The van der Waals surface area contributed by atoms with Crippen LogP contribution in [-0.4, -0.2) is 7.11 Å². The van der Waals surface area contributed by atoms with Crippen molar-refractivity contribution in [3.63, 3.8) is 0 Å². The van der Waals surface area contributed by atoms with Crippen molar-refractivity contribution in [3.05, 3.63) is 35.4 Å². The van der Waals surface area contributed by atoms with E-state index >= 15 is 0 Å². The summed E-state index contributed by atoms with van der Waals surface area (Å²) in [5.74, 6) is 0. The third-order valence-electron chi connectivity index (χ3n) is 3.90. The van der Waals surface area contributed by atoms with Gasteiger partial charge in [0.05, 0.1) is 5.60 Å². The summed E-state index contributed by atoms with van der Waals surface area (Å²) >= 11 is 0. The fourth-order valence-corrected chi connectivity index (χ4v) is 2.57. The van der Waals surface area contributed by atoms with Crippen molar-refractivity contribution in [2.45, 2.75) is 72.3 Å². The number of benzene rings is 1. The monoisotopic (exact) mass is 264 g/mol. The van der Waals surface area contributed by atoms with E-state index in [2.05, 4.69) is 45.0 Å². The van der Waals surface area contributed by atoms with E-state index in [0.717, 1.165) is 6.42 Å². The van der Waals surface area contributed by atoms with E-state index < -0.39 is 0 Å². The molecule has 0 bridgehead atoms. The summed E-state index contributed by atoms with van der Waals surface area (Å²) in [5, 5.41) is 0. The molecular weight excluding hydrogens is 232 g/mol. The van der Waals surface area contributed by atoms with Gasteiger partial charge in [-0.1, -0.05) is 65.8 Å². The first-order valence-corrected chi connectivity index (χ1v) is 7.65. The first kappa shape index (κ1) is 18.2. The van der Waals surface area contributed by atoms with Crippen LogP contribution in [0, 0.1) is 0 Å². The predicted octanol–water partition coefficient (Wildman–Crippen LogP) is 5.67. The highest BCUT2D eigenvalue weighted by atomic mass is 16.5. The van der Waals surface area contributed by atoms with Crippen molar-refractivity contribution in [3.8, 4) is 0 Å². The zero-order chi connectivity index (χ0) is 15.1. The molecule has 2 rings (SSSR count). The van der Waals surface area contributed by atoms with Crippen LogP contribution in [-0.2, 0) is 15.8 Å². The normalized spacial score (nSPS) is 23.2. The molecule has 0 saturated heterocycles. The summed E-state index contributed by atoms with van der Waals surface area (Å²) in [6.07, 6.45) is 2.29.